The van der Waals surface area contributed by atoms with Crippen LogP contribution in [0.1, 0.15) is 23.0 Å². The average molecular weight is 236 g/mol. The summed E-state index contributed by atoms with van der Waals surface area (Å²) in [5, 5.41) is 14.9. The molecule has 2 rings (SSSR count). The van der Waals surface area contributed by atoms with Gasteiger partial charge >= 0.3 is 5.97 Å². The van der Waals surface area contributed by atoms with Crippen molar-refractivity contribution >= 4 is 17.3 Å². The van der Waals surface area contributed by atoms with Crippen LogP contribution in [0.25, 0.3) is 10.4 Å². The fraction of sp³-hybridized carbons (Fsp3) is 0.273. The molecule has 0 saturated carbocycles. The molecule has 2 heterocycles. The van der Waals surface area contributed by atoms with E-state index in [-0.39, 0.29) is 0 Å². The zero-order valence-electron chi connectivity index (χ0n) is 9.10. The minimum absolute atomic E-state index is 0.339. The molecule has 0 amide bonds. The zero-order chi connectivity index (χ0) is 11.7. The van der Waals surface area contributed by atoms with Gasteiger partial charge in [-0.1, -0.05) is 6.92 Å². The standard InChI is InChI=1S/C11H12N2O2S/c1-3-9-8(5-13(2)12-9)10-4-7(6-16-10)11(14)15/h4-6H,3H2,1-2H3,(H,14,15). The first kappa shape index (κ1) is 10.9. The molecule has 5 heteroatoms. The van der Waals surface area contributed by atoms with Crippen molar-refractivity contribution in [2.45, 2.75) is 13.3 Å². The average Bonchev–Trinajstić information content (AvgIpc) is 2.82. The molecule has 16 heavy (non-hydrogen) atoms. The Hall–Kier alpha value is -1.62. The summed E-state index contributed by atoms with van der Waals surface area (Å²) < 4.78 is 1.76. The van der Waals surface area contributed by atoms with Crippen LogP contribution in [-0.4, -0.2) is 20.9 Å². The van der Waals surface area contributed by atoms with Gasteiger partial charge in [-0.3, -0.25) is 4.68 Å². The summed E-state index contributed by atoms with van der Waals surface area (Å²) in [5.74, 6) is -0.885. The van der Waals surface area contributed by atoms with E-state index in [9.17, 15) is 4.79 Å². The van der Waals surface area contributed by atoms with Gasteiger partial charge in [-0.05, 0) is 12.5 Å². The predicted octanol–water partition coefficient (Wildman–Crippen LogP) is 2.41. The molecule has 0 bridgehead atoms. The van der Waals surface area contributed by atoms with Crippen LogP contribution in [0.2, 0.25) is 0 Å². The Morgan fingerprint density at radius 2 is 2.38 bits per heavy atom. The molecule has 2 aromatic heterocycles. The molecule has 0 aromatic carbocycles. The van der Waals surface area contributed by atoms with E-state index in [4.69, 9.17) is 5.11 Å². The Labute approximate surface area is 97.2 Å². The molecule has 0 fully saturated rings. The molecule has 4 nitrogen and oxygen atoms in total. The van der Waals surface area contributed by atoms with Crippen molar-refractivity contribution < 1.29 is 9.90 Å². The fourth-order valence-electron chi connectivity index (χ4n) is 1.59. The van der Waals surface area contributed by atoms with Crippen LogP contribution in [0.5, 0.6) is 0 Å². The number of aryl methyl sites for hydroxylation is 2. The lowest BCUT2D eigenvalue weighted by Gasteiger charge is -1.94. The number of hydrogen-bond acceptors (Lipinski definition) is 3. The quantitative estimate of drug-likeness (QED) is 0.890. The maximum absolute atomic E-state index is 10.8. The Balaban J connectivity index is 2.45. The first-order valence-corrected chi connectivity index (χ1v) is 5.84. The zero-order valence-corrected chi connectivity index (χ0v) is 9.91. The highest BCUT2D eigenvalue weighted by Crippen LogP contribution is 2.29. The SMILES string of the molecule is CCc1nn(C)cc1-c1cc(C(=O)O)cs1. The first-order chi connectivity index (χ1) is 7.61. The molecular weight excluding hydrogens is 224 g/mol. The van der Waals surface area contributed by atoms with Gasteiger partial charge in [-0.2, -0.15) is 5.10 Å². The number of carboxylic acids is 1. The molecular formula is C11H12N2O2S. The molecule has 2 aromatic rings. The summed E-state index contributed by atoms with van der Waals surface area (Å²) >= 11 is 1.44. The molecule has 0 aliphatic carbocycles. The third kappa shape index (κ3) is 1.86. The van der Waals surface area contributed by atoms with E-state index in [1.807, 2.05) is 20.2 Å². The molecule has 0 unspecified atom stereocenters. The molecule has 0 atom stereocenters. The monoisotopic (exact) mass is 236 g/mol. The van der Waals surface area contributed by atoms with Crippen molar-refractivity contribution in [3.63, 3.8) is 0 Å². The highest BCUT2D eigenvalue weighted by atomic mass is 32.1. The Bertz CT molecular complexity index is 528. The second kappa shape index (κ2) is 4.09. The number of carbonyl (C=O) groups is 1. The highest BCUT2D eigenvalue weighted by Gasteiger charge is 2.13. The predicted molar refractivity (Wildman–Crippen MR) is 62.9 cm³/mol. The van der Waals surface area contributed by atoms with Crippen LogP contribution < -0.4 is 0 Å². The lowest BCUT2D eigenvalue weighted by molar-refractivity contribution is 0.0697. The van der Waals surface area contributed by atoms with Gasteiger partial charge in [0.1, 0.15) is 0 Å². The van der Waals surface area contributed by atoms with Gasteiger partial charge in [0.25, 0.3) is 0 Å². The maximum atomic E-state index is 10.8. The molecule has 0 spiro atoms. The molecule has 84 valence electrons. The molecule has 0 aliphatic heterocycles. The summed E-state index contributed by atoms with van der Waals surface area (Å²) in [6.45, 7) is 2.04. The summed E-state index contributed by atoms with van der Waals surface area (Å²) in [5.41, 5.74) is 2.37. The van der Waals surface area contributed by atoms with Crippen LogP contribution in [0, 0.1) is 0 Å². The first-order valence-electron chi connectivity index (χ1n) is 4.96. The van der Waals surface area contributed by atoms with Gasteiger partial charge in [0.05, 0.1) is 11.3 Å². The lowest BCUT2D eigenvalue weighted by Crippen LogP contribution is -1.91. The van der Waals surface area contributed by atoms with Gasteiger partial charge in [0.2, 0.25) is 0 Å². The number of nitrogens with zero attached hydrogens (tertiary/aromatic N) is 2. The molecule has 1 N–H and O–H groups in total. The van der Waals surface area contributed by atoms with Crippen molar-refractivity contribution in [1.29, 1.82) is 0 Å². The van der Waals surface area contributed by atoms with Gasteiger partial charge in [-0.25, -0.2) is 4.79 Å². The molecule has 0 radical (unpaired) electrons. The van der Waals surface area contributed by atoms with Gasteiger partial charge in [0, 0.05) is 29.1 Å². The summed E-state index contributed by atoms with van der Waals surface area (Å²) in [6, 6.07) is 1.70. The van der Waals surface area contributed by atoms with Gasteiger partial charge in [-0.15, -0.1) is 11.3 Å². The lowest BCUT2D eigenvalue weighted by atomic mass is 10.1. The van der Waals surface area contributed by atoms with Crippen molar-refractivity contribution in [3.05, 3.63) is 28.9 Å². The second-order valence-corrected chi connectivity index (χ2v) is 4.43. The normalized spacial score (nSPS) is 10.6. The summed E-state index contributed by atoms with van der Waals surface area (Å²) in [7, 11) is 1.87. The number of aromatic nitrogens is 2. The Kier molecular flexibility index (Phi) is 2.78. The summed E-state index contributed by atoms with van der Waals surface area (Å²) in [6.07, 6.45) is 2.77. The maximum Gasteiger partial charge on any atom is 0.336 e. The third-order valence-electron chi connectivity index (χ3n) is 2.35. The van der Waals surface area contributed by atoms with Crippen molar-refractivity contribution in [3.8, 4) is 10.4 Å². The van der Waals surface area contributed by atoms with E-state index >= 15 is 0 Å². The second-order valence-electron chi connectivity index (χ2n) is 3.52. The highest BCUT2D eigenvalue weighted by molar-refractivity contribution is 7.13. The number of aromatic carboxylic acids is 1. The minimum Gasteiger partial charge on any atom is -0.478 e. The Morgan fingerprint density at radius 3 is 2.94 bits per heavy atom. The number of carboxylic acid groups (broad SMARTS) is 1. The summed E-state index contributed by atoms with van der Waals surface area (Å²) in [4.78, 5) is 11.8. The largest absolute Gasteiger partial charge is 0.478 e. The van der Waals surface area contributed by atoms with E-state index in [1.165, 1.54) is 11.3 Å². The topological polar surface area (TPSA) is 55.1 Å². The van der Waals surface area contributed by atoms with E-state index in [2.05, 4.69) is 5.10 Å². The van der Waals surface area contributed by atoms with Gasteiger partial charge in [0.15, 0.2) is 0 Å². The van der Waals surface area contributed by atoms with E-state index in [0.29, 0.717) is 5.56 Å². The third-order valence-corrected chi connectivity index (χ3v) is 3.32. The van der Waals surface area contributed by atoms with Crippen LogP contribution >= 0.6 is 11.3 Å². The van der Waals surface area contributed by atoms with E-state index < -0.39 is 5.97 Å². The van der Waals surface area contributed by atoms with Crippen molar-refractivity contribution in [2.75, 3.05) is 0 Å². The minimum atomic E-state index is -0.885. The van der Waals surface area contributed by atoms with Crippen LogP contribution in [0.15, 0.2) is 17.6 Å². The molecule has 0 aliphatic rings. The van der Waals surface area contributed by atoms with Crippen LogP contribution in [-0.2, 0) is 13.5 Å². The van der Waals surface area contributed by atoms with E-state index in [0.717, 1.165) is 22.6 Å². The van der Waals surface area contributed by atoms with Crippen LogP contribution in [0.3, 0.4) is 0 Å². The molecule has 0 saturated heterocycles. The smallest absolute Gasteiger partial charge is 0.336 e. The van der Waals surface area contributed by atoms with Crippen LogP contribution in [0.4, 0.5) is 0 Å². The number of rotatable bonds is 3. The fourth-order valence-corrected chi connectivity index (χ4v) is 2.51. The number of hydrogen-bond donors (Lipinski definition) is 1. The number of thiophene rings is 1. The van der Waals surface area contributed by atoms with Gasteiger partial charge < -0.3 is 5.11 Å². The Morgan fingerprint density at radius 1 is 1.62 bits per heavy atom. The van der Waals surface area contributed by atoms with E-state index in [1.54, 1.807) is 16.1 Å². The van der Waals surface area contributed by atoms with Crippen molar-refractivity contribution in [2.24, 2.45) is 7.05 Å². The van der Waals surface area contributed by atoms with Crippen molar-refractivity contribution in [1.82, 2.24) is 9.78 Å².